The molecule has 0 aliphatic carbocycles. The first-order valence-electron chi connectivity index (χ1n) is 8.49. The molecule has 122 valence electrons. The summed E-state index contributed by atoms with van der Waals surface area (Å²) in [6.07, 6.45) is 3.63. The van der Waals surface area contributed by atoms with Gasteiger partial charge in [-0.25, -0.2) is 4.79 Å². The molecule has 2 N–H and O–H groups in total. The second kappa shape index (κ2) is 8.79. The molecule has 0 unspecified atom stereocenters. The highest BCUT2D eigenvalue weighted by atomic mass is 16.2. The number of amides is 2. The minimum Gasteiger partial charge on any atom is -0.338 e. The first kappa shape index (κ1) is 16.8. The first-order valence-corrected chi connectivity index (χ1v) is 8.49. The Morgan fingerprint density at radius 3 is 2.64 bits per heavy atom. The van der Waals surface area contributed by atoms with Crippen LogP contribution in [-0.2, 0) is 13.1 Å². The van der Waals surface area contributed by atoms with Crippen LogP contribution in [0.15, 0.2) is 24.3 Å². The Bertz CT molecular complexity index is 458. The quantitative estimate of drug-likeness (QED) is 0.848. The van der Waals surface area contributed by atoms with Gasteiger partial charge in [0.1, 0.15) is 0 Å². The van der Waals surface area contributed by atoms with Crippen LogP contribution in [0.1, 0.15) is 44.2 Å². The van der Waals surface area contributed by atoms with Gasteiger partial charge in [-0.2, -0.15) is 0 Å². The average molecular weight is 303 g/mol. The third-order valence-electron chi connectivity index (χ3n) is 4.16. The number of nitrogens with one attached hydrogen (secondary N) is 2. The van der Waals surface area contributed by atoms with Crippen molar-refractivity contribution in [2.75, 3.05) is 19.6 Å². The highest BCUT2D eigenvalue weighted by Gasteiger charge is 2.15. The Labute approximate surface area is 134 Å². The van der Waals surface area contributed by atoms with Gasteiger partial charge in [-0.15, -0.1) is 0 Å². The Morgan fingerprint density at radius 2 is 1.95 bits per heavy atom. The minimum absolute atomic E-state index is 0.0896. The molecule has 0 radical (unpaired) electrons. The molecule has 0 bridgehead atoms. The van der Waals surface area contributed by atoms with Crippen molar-refractivity contribution in [1.82, 2.24) is 15.5 Å². The van der Waals surface area contributed by atoms with Crippen molar-refractivity contribution < 1.29 is 4.79 Å². The van der Waals surface area contributed by atoms with Crippen LogP contribution in [0.5, 0.6) is 0 Å². The number of hydrogen-bond donors (Lipinski definition) is 2. The normalized spacial score (nSPS) is 18.9. The Balaban J connectivity index is 1.76. The summed E-state index contributed by atoms with van der Waals surface area (Å²) in [5, 5.41) is 5.70. The maximum atomic E-state index is 11.5. The molecular formula is C18H29N3O. The number of rotatable bonds is 6. The van der Waals surface area contributed by atoms with E-state index in [4.69, 9.17) is 0 Å². The third kappa shape index (κ3) is 5.68. The van der Waals surface area contributed by atoms with Crippen LogP contribution in [0.3, 0.4) is 0 Å². The van der Waals surface area contributed by atoms with E-state index >= 15 is 0 Å². The van der Waals surface area contributed by atoms with Crippen LogP contribution >= 0.6 is 0 Å². The zero-order valence-electron chi connectivity index (χ0n) is 13.9. The van der Waals surface area contributed by atoms with Crippen LogP contribution in [0.4, 0.5) is 4.79 Å². The second-order valence-electron chi connectivity index (χ2n) is 6.41. The average Bonchev–Trinajstić information content (AvgIpc) is 2.52. The van der Waals surface area contributed by atoms with Crippen molar-refractivity contribution in [1.29, 1.82) is 0 Å². The maximum Gasteiger partial charge on any atom is 0.315 e. The molecule has 2 rings (SSSR count). The summed E-state index contributed by atoms with van der Waals surface area (Å²) in [6, 6.07) is 8.50. The number of urea groups is 1. The molecule has 1 aromatic carbocycles. The van der Waals surface area contributed by atoms with E-state index in [0.717, 1.165) is 31.0 Å². The van der Waals surface area contributed by atoms with E-state index in [1.165, 1.54) is 31.5 Å². The summed E-state index contributed by atoms with van der Waals surface area (Å²) in [5.74, 6) is 0.818. The van der Waals surface area contributed by atoms with Crippen LogP contribution in [0, 0.1) is 5.92 Å². The summed E-state index contributed by atoms with van der Waals surface area (Å²) in [6.45, 7) is 9.14. The fourth-order valence-corrected chi connectivity index (χ4v) is 2.93. The molecular weight excluding hydrogens is 274 g/mol. The summed E-state index contributed by atoms with van der Waals surface area (Å²) in [5.41, 5.74) is 2.50. The SMILES string of the molecule is CCCNC(=O)NCc1ccc(CN2CCC[C@@H](C)C2)cc1. The van der Waals surface area contributed by atoms with E-state index in [9.17, 15) is 4.79 Å². The number of nitrogens with zero attached hydrogens (tertiary/aromatic N) is 1. The maximum absolute atomic E-state index is 11.5. The van der Waals surface area contributed by atoms with E-state index in [1.54, 1.807) is 0 Å². The number of carbonyl (C=O) groups is 1. The topological polar surface area (TPSA) is 44.4 Å². The molecule has 0 saturated carbocycles. The number of hydrogen-bond acceptors (Lipinski definition) is 2. The van der Waals surface area contributed by atoms with Crippen LogP contribution in [0.25, 0.3) is 0 Å². The monoisotopic (exact) mass is 303 g/mol. The number of piperidine rings is 1. The molecule has 22 heavy (non-hydrogen) atoms. The van der Waals surface area contributed by atoms with Crippen molar-refractivity contribution in [3.8, 4) is 0 Å². The lowest BCUT2D eigenvalue weighted by atomic mass is 9.99. The van der Waals surface area contributed by atoms with Gasteiger partial charge in [0.05, 0.1) is 0 Å². The summed E-state index contributed by atoms with van der Waals surface area (Å²) in [7, 11) is 0. The van der Waals surface area contributed by atoms with E-state index in [1.807, 2.05) is 6.92 Å². The number of benzene rings is 1. The largest absolute Gasteiger partial charge is 0.338 e. The highest BCUT2D eigenvalue weighted by molar-refractivity contribution is 5.73. The zero-order valence-corrected chi connectivity index (χ0v) is 13.9. The molecule has 1 aliphatic rings. The van der Waals surface area contributed by atoms with Crippen molar-refractivity contribution in [2.24, 2.45) is 5.92 Å². The van der Waals surface area contributed by atoms with Gasteiger partial charge in [-0.1, -0.05) is 38.1 Å². The van der Waals surface area contributed by atoms with Gasteiger partial charge in [0.2, 0.25) is 0 Å². The number of likely N-dealkylation sites (tertiary alicyclic amines) is 1. The van der Waals surface area contributed by atoms with Crippen LogP contribution < -0.4 is 10.6 Å². The van der Waals surface area contributed by atoms with Crippen molar-refractivity contribution in [2.45, 2.75) is 46.2 Å². The molecule has 4 nitrogen and oxygen atoms in total. The van der Waals surface area contributed by atoms with E-state index in [0.29, 0.717) is 6.54 Å². The lowest BCUT2D eigenvalue weighted by Crippen LogP contribution is -2.35. The molecule has 4 heteroatoms. The summed E-state index contributed by atoms with van der Waals surface area (Å²) in [4.78, 5) is 14.0. The van der Waals surface area contributed by atoms with E-state index in [-0.39, 0.29) is 6.03 Å². The van der Waals surface area contributed by atoms with E-state index in [2.05, 4.69) is 46.7 Å². The van der Waals surface area contributed by atoms with Gasteiger partial charge in [-0.05, 0) is 42.9 Å². The fraction of sp³-hybridized carbons (Fsp3) is 0.611. The second-order valence-corrected chi connectivity index (χ2v) is 6.41. The van der Waals surface area contributed by atoms with Gasteiger partial charge >= 0.3 is 6.03 Å². The number of carbonyl (C=O) groups excluding carboxylic acids is 1. The van der Waals surface area contributed by atoms with Gasteiger partial charge < -0.3 is 10.6 Å². The van der Waals surface area contributed by atoms with Gasteiger partial charge in [0.25, 0.3) is 0 Å². The molecule has 0 spiro atoms. The zero-order chi connectivity index (χ0) is 15.8. The standard InChI is InChI=1S/C18H29N3O/c1-3-10-19-18(22)20-12-16-6-8-17(9-7-16)14-21-11-4-5-15(2)13-21/h6-9,15H,3-5,10-14H2,1-2H3,(H2,19,20,22)/t15-/m1/s1. The molecule has 1 saturated heterocycles. The van der Waals surface area contributed by atoms with Crippen molar-refractivity contribution in [3.63, 3.8) is 0 Å². The molecule has 1 heterocycles. The highest BCUT2D eigenvalue weighted by Crippen LogP contribution is 2.18. The Morgan fingerprint density at radius 1 is 1.23 bits per heavy atom. The van der Waals surface area contributed by atoms with E-state index < -0.39 is 0 Å². The first-order chi connectivity index (χ1) is 10.7. The van der Waals surface area contributed by atoms with Gasteiger partial charge in [-0.3, -0.25) is 4.90 Å². The Hall–Kier alpha value is -1.55. The molecule has 1 aromatic rings. The molecule has 0 aromatic heterocycles. The molecule has 1 fully saturated rings. The van der Waals surface area contributed by atoms with Crippen molar-refractivity contribution >= 4 is 6.03 Å². The predicted molar refractivity (Wildman–Crippen MR) is 90.6 cm³/mol. The van der Waals surface area contributed by atoms with Gasteiger partial charge in [0.15, 0.2) is 0 Å². The third-order valence-corrected chi connectivity index (χ3v) is 4.16. The molecule has 1 aliphatic heterocycles. The minimum atomic E-state index is -0.0896. The van der Waals surface area contributed by atoms with Crippen molar-refractivity contribution in [3.05, 3.63) is 35.4 Å². The summed E-state index contributed by atoms with van der Waals surface area (Å²) >= 11 is 0. The lowest BCUT2D eigenvalue weighted by Gasteiger charge is -2.30. The predicted octanol–water partition coefficient (Wildman–Crippen LogP) is 3.13. The lowest BCUT2D eigenvalue weighted by molar-refractivity contribution is 0.176. The van der Waals surface area contributed by atoms with Gasteiger partial charge in [0, 0.05) is 26.2 Å². The van der Waals surface area contributed by atoms with Crippen LogP contribution in [-0.4, -0.2) is 30.6 Å². The van der Waals surface area contributed by atoms with Crippen LogP contribution in [0.2, 0.25) is 0 Å². The smallest absolute Gasteiger partial charge is 0.315 e. The fourth-order valence-electron chi connectivity index (χ4n) is 2.93. The molecule has 1 atom stereocenters. The summed E-state index contributed by atoms with van der Waals surface area (Å²) < 4.78 is 0. The molecule has 2 amide bonds. The Kier molecular flexibility index (Phi) is 6.72.